The van der Waals surface area contributed by atoms with Crippen molar-refractivity contribution < 1.29 is 8.78 Å². The zero-order chi connectivity index (χ0) is 12.3. The predicted octanol–water partition coefficient (Wildman–Crippen LogP) is 3.36. The fourth-order valence-corrected chi connectivity index (χ4v) is 1.89. The Labute approximate surface area is 98.6 Å². The van der Waals surface area contributed by atoms with Gasteiger partial charge in [-0.3, -0.25) is 0 Å². The largest absolute Gasteiger partial charge is 0.380 e. The van der Waals surface area contributed by atoms with Gasteiger partial charge in [-0.15, -0.1) is 0 Å². The molecule has 1 aromatic carbocycles. The lowest BCUT2D eigenvalue weighted by Crippen LogP contribution is -2.21. The van der Waals surface area contributed by atoms with Gasteiger partial charge in [0, 0.05) is 6.04 Å². The topological polar surface area (TPSA) is 35.8 Å². The molecule has 17 heavy (non-hydrogen) atoms. The minimum atomic E-state index is -1.08. The second-order valence-corrected chi connectivity index (χ2v) is 4.03. The molecule has 2 nitrogen and oxygen atoms in total. The van der Waals surface area contributed by atoms with E-state index in [9.17, 15) is 8.78 Å². The normalized spacial score (nSPS) is 18.8. The maximum Gasteiger partial charge on any atom is 0.183 e. The SMILES string of the molecule is N#Cc1ccc(NC2CC=CCC2)c(F)c1F. The van der Waals surface area contributed by atoms with Crippen molar-refractivity contribution in [2.75, 3.05) is 5.32 Å². The molecular weight excluding hydrogens is 222 g/mol. The molecule has 0 aromatic heterocycles. The van der Waals surface area contributed by atoms with Crippen LogP contribution in [-0.2, 0) is 0 Å². The highest BCUT2D eigenvalue weighted by molar-refractivity contribution is 5.50. The maximum atomic E-state index is 13.6. The van der Waals surface area contributed by atoms with Crippen LogP contribution >= 0.6 is 0 Å². The second-order valence-electron chi connectivity index (χ2n) is 4.03. The summed E-state index contributed by atoms with van der Waals surface area (Å²) in [6.07, 6.45) is 6.75. The Morgan fingerprint density at radius 3 is 2.71 bits per heavy atom. The summed E-state index contributed by atoms with van der Waals surface area (Å²) < 4.78 is 27.0. The van der Waals surface area contributed by atoms with Crippen LogP contribution in [0.1, 0.15) is 24.8 Å². The molecule has 1 N–H and O–H groups in total. The molecule has 1 unspecified atom stereocenters. The van der Waals surface area contributed by atoms with Crippen molar-refractivity contribution in [3.8, 4) is 6.07 Å². The summed E-state index contributed by atoms with van der Waals surface area (Å²) in [4.78, 5) is 0. The number of anilines is 1. The third-order valence-corrected chi connectivity index (χ3v) is 2.83. The molecule has 1 aromatic rings. The van der Waals surface area contributed by atoms with Crippen molar-refractivity contribution in [2.45, 2.75) is 25.3 Å². The van der Waals surface area contributed by atoms with Gasteiger partial charge in [-0.1, -0.05) is 12.2 Å². The summed E-state index contributed by atoms with van der Waals surface area (Å²) in [7, 11) is 0. The minimum absolute atomic E-state index is 0.127. The molecular formula is C13H12F2N2. The number of nitrogens with zero attached hydrogens (tertiary/aromatic N) is 1. The molecule has 0 saturated carbocycles. The number of nitrogens with one attached hydrogen (secondary N) is 1. The molecule has 2 rings (SSSR count). The number of allylic oxidation sites excluding steroid dienone is 1. The van der Waals surface area contributed by atoms with Crippen LogP contribution in [0.5, 0.6) is 0 Å². The number of hydrogen-bond acceptors (Lipinski definition) is 2. The lowest BCUT2D eigenvalue weighted by atomic mass is 10.0. The molecule has 1 atom stereocenters. The zero-order valence-electron chi connectivity index (χ0n) is 9.21. The summed E-state index contributed by atoms with van der Waals surface area (Å²) in [5, 5.41) is 11.5. The standard InChI is InChI=1S/C13H12F2N2/c14-12-9(8-16)6-7-11(13(12)15)17-10-4-2-1-3-5-10/h1-2,6-7,10,17H,3-5H2. The summed E-state index contributed by atoms with van der Waals surface area (Å²) in [6.45, 7) is 0. The van der Waals surface area contributed by atoms with E-state index in [1.165, 1.54) is 12.1 Å². The summed E-state index contributed by atoms with van der Waals surface area (Å²) in [5.41, 5.74) is -0.140. The van der Waals surface area contributed by atoms with Gasteiger partial charge in [0.1, 0.15) is 6.07 Å². The highest BCUT2D eigenvalue weighted by atomic mass is 19.2. The Bertz CT molecular complexity index is 489. The highest BCUT2D eigenvalue weighted by Crippen LogP contribution is 2.23. The lowest BCUT2D eigenvalue weighted by molar-refractivity contribution is 0.506. The Balaban J connectivity index is 2.19. The monoisotopic (exact) mass is 234 g/mol. The van der Waals surface area contributed by atoms with Crippen LogP contribution in [0.2, 0.25) is 0 Å². The van der Waals surface area contributed by atoms with E-state index in [1.807, 2.05) is 6.08 Å². The Morgan fingerprint density at radius 1 is 1.24 bits per heavy atom. The van der Waals surface area contributed by atoms with Crippen molar-refractivity contribution in [3.63, 3.8) is 0 Å². The van der Waals surface area contributed by atoms with Crippen LogP contribution in [-0.4, -0.2) is 6.04 Å². The molecule has 0 spiro atoms. The first-order valence-electron chi connectivity index (χ1n) is 5.52. The molecule has 0 saturated heterocycles. The van der Waals surface area contributed by atoms with Gasteiger partial charge in [0.25, 0.3) is 0 Å². The van der Waals surface area contributed by atoms with E-state index < -0.39 is 11.6 Å². The molecule has 1 aliphatic rings. The van der Waals surface area contributed by atoms with Gasteiger partial charge in [0.05, 0.1) is 11.3 Å². The molecule has 1 aliphatic carbocycles. The van der Waals surface area contributed by atoms with Gasteiger partial charge in [0.15, 0.2) is 11.6 Å². The van der Waals surface area contributed by atoms with Crippen LogP contribution in [0.25, 0.3) is 0 Å². The van der Waals surface area contributed by atoms with Gasteiger partial charge in [0.2, 0.25) is 0 Å². The van der Waals surface area contributed by atoms with Crippen LogP contribution in [0.4, 0.5) is 14.5 Å². The molecule has 4 heteroatoms. The number of halogens is 2. The average Bonchev–Trinajstić information content (AvgIpc) is 2.37. The molecule has 0 radical (unpaired) electrons. The van der Waals surface area contributed by atoms with E-state index in [0.29, 0.717) is 0 Å². The van der Waals surface area contributed by atoms with E-state index in [1.54, 1.807) is 6.07 Å². The number of nitriles is 1. The van der Waals surface area contributed by atoms with Crippen LogP contribution in [0.3, 0.4) is 0 Å². The van der Waals surface area contributed by atoms with E-state index in [0.717, 1.165) is 19.3 Å². The molecule has 0 aliphatic heterocycles. The van der Waals surface area contributed by atoms with Gasteiger partial charge < -0.3 is 5.32 Å². The molecule has 0 bridgehead atoms. The van der Waals surface area contributed by atoms with Crippen LogP contribution < -0.4 is 5.32 Å². The van der Waals surface area contributed by atoms with Crippen molar-refractivity contribution in [2.24, 2.45) is 0 Å². The smallest absolute Gasteiger partial charge is 0.183 e. The highest BCUT2D eigenvalue weighted by Gasteiger charge is 2.16. The molecule has 88 valence electrons. The van der Waals surface area contributed by atoms with Crippen LogP contribution in [0.15, 0.2) is 24.3 Å². The van der Waals surface area contributed by atoms with Crippen molar-refractivity contribution >= 4 is 5.69 Å². The average molecular weight is 234 g/mol. The van der Waals surface area contributed by atoms with E-state index in [4.69, 9.17) is 5.26 Å². The Kier molecular flexibility index (Phi) is 3.38. The lowest BCUT2D eigenvalue weighted by Gasteiger charge is -2.21. The maximum absolute atomic E-state index is 13.6. The molecule has 0 amide bonds. The fraction of sp³-hybridized carbons (Fsp3) is 0.308. The summed E-state index contributed by atoms with van der Waals surface area (Å²) in [6, 6.07) is 4.44. The zero-order valence-corrected chi connectivity index (χ0v) is 9.21. The number of rotatable bonds is 2. The number of benzene rings is 1. The molecule has 0 fully saturated rings. The number of hydrogen-bond donors (Lipinski definition) is 1. The van der Waals surface area contributed by atoms with Crippen molar-refractivity contribution in [1.82, 2.24) is 0 Å². The predicted molar refractivity (Wildman–Crippen MR) is 61.5 cm³/mol. The first-order valence-corrected chi connectivity index (χ1v) is 5.52. The van der Waals surface area contributed by atoms with Gasteiger partial charge in [-0.25, -0.2) is 8.78 Å². The second kappa shape index (κ2) is 4.96. The van der Waals surface area contributed by atoms with Crippen molar-refractivity contribution in [1.29, 1.82) is 5.26 Å². The first-order chi connectivity index (χ1) is 8.22. The van der Waals surface area contributed by atoms with Gasteiger partial charge >= 0.3 is 0 Å². The summed E-state index contributed by atoms with van der Waals surface area (Å²) in [5.74, 6) is -2.05. The first kappa shape index (κ1) is 11.6. The van der Waals surface area contributed by atoms with Gasteiger partial charge in [-0.2, -0.15) is 5.26 Å². The fourth-order valence-electron chi connectivity index (χ4n) is 1.89. The van der Waals surface area contributed by atoms with Gasteiger partial charge in [-0.05, 0) is 31.4 Å². The van der Waals surface area contributed by atoms with E-state index in [2.05, 4.69) is 11.4 Å². The van der Waals surface area contributed by atoms with E-state index in [-0.39, 0.29) is 17.3 Å². The third-order valence-electron chi connectivity index (χ3n) is 2.83. The third kappa shape index (κ3) is 2.44. The summed E-state index contributed by atoms with van der Waals surface area (Å²) >= 11 is 0. The Morgan fingerprint density at radius 2 is 2.06 bits per heavy atom. The molecule has 0 heterocycles. The minimum Gasteiger partial charge on any atom is -0.380 e. The van der Waals surface area contributed by atoms with E-state index >= 15 is 0 Å². The quantitative estimate of drug-likeness (QED) is 0.796. The Hall–Kier alpha value is -1.89. The van der Waals surface area contributed by atoms with Crippen molar-refractivity contribution in [3.05, 3.63) is 41.5 Å². The van der Waals surface area contributed by atoms with Crippen LogP contribution in [0, 0.1) is 23.0 Å².